The Morgan fingerprint density at radius 1 is 0.920 bits per heavy atom. The predicted octanol–water partition coefficient (Wildman–Crippen LogP) is 4.44. The van der Waals surface area contributed by atoms with Crippen molar-refractivity contribution >= 4 is 16.7 Å². The summed E-state index contributed by atoms with van der Waals surface area (Å²) >= 11 is 0. The highest BCUT2D eigenvalue weighted by Gasteiger charge is 2.24. The Bertz CT molecular complexity index is 929. The molecule has 0 unspecified atom stereocenters. The minimum Gasteiger partial charge on any atom is -0.507 e. The number of esters is 1. The van der Waals surface area contributed by atoms with Crippen LogP contribution in [0.4, 0.5) is 0 Å². The van der Waals surface area contributed by atoms with Gasteiger partial charge in [-0.15, -0.1) is 0 Å². The molecule has 0 radical (unpaired) electrons. The van der Waals surface area contributed by atoms with Crippen molar-refractivity contribution < 1.29 is 24.1 Å². The summed E-state index contributed by atoms with van der Waals surface area (Å²) < 4.78 is 16.0. The maximum atomic E-state index is 12.3. The van der Waals surface area contributed by atoms with Crippen LogP contribution in [0.25, 0.3) is 10.8 Å². The summed E-state index contributed by atoms with van der Waals surface area (Å²) in [4.78, 5) is 12.3. The lowest BCUT2D eigenvalue weighted by Gasteiger charge is -2.17. The Morgan fingerprint density at radius 2 is 1.52 bits per heavy atom. The van der Waals surface area contributed by atoms with Gasteiger partial charge in [-0.25, -0.2) is 4.79 Å². The smallest absolute Gasteiger partial charge is 0.342 e. The van der Waals surface area contributed by atoms with E-state index in [1.165, 1.54) is 7.11 Å². The van der Waals surface area contributed by atoms with E-state index in [0.717, 1.165) is 0 Å². The van der Waals surface area contributed by atoms with Gasteiger partial charge in [-0.1, -0.05) is 24.3 Å². The lowest BCUT2D eigenvalue weighted by atomic mass is 9.98. The zero-order valence-electron chi connectivity index (χ0n) is 14.2. The van der Waals surface area contributed by atoms with Crippen LogP contribution >= 0.6 is 0 Å². The molecule has 0 heterocycles. The van der Waals surface area contributed by atoms with Crippen LogP contribution < -0.4 is 9.47 Å². The predicted molar refractivity (Wildman–Crippen MR) is 94.8 cm³/mol. The number of carbonyl (C=O) groups excluding carboxylic acids is 1. The average Bonchev–Trinajstić information content (AvgIpc) is 2.66. The summed E-state index contributed by atoms with van der Waals surface area (Å²) in [6, 6.07) is 14.2. The first-order valence-corrected chi connectivity index (χ1v) is 7.71. The van der Waals surface area contributed by atoms with Gasteiger partial charge in [0.05, 0.1) is 14.2 Å². The number of ether oxygens (including phenoxy) is 3. The molecule has 128 valence electrons. The van der Waals surface area contributed by atoms with E-state index in [1.54, 1.807) is 50.4 Å². The monoisotopic (exact) mass is 338 g/mol. The zero-order chi connectivity index (χ0) is 18.0. The maximum Gasteiger partial charge on any atom is 0.342 e. The third-order valence-electron chi connectivity index (χ3n) is 4.05. The van der Waals surface area contributed by atoms with Crippen LogP contribution in [-0.2, 0) is 4.74 Å². The molecule has 0 saturated carbocycles. The van der Waals surface area contributed by atoms with Crippen molar-refractivity contribution in [3.8, 4) is 23.0 Å². The third-order valence-corrected chi connectivity index (χ3v) is 4.05. The molecule has 0 atom stereocenters. The molecule has 5 heteroatoms. The van der Waals surface area contributed by atoms with Gasteiger partial charge >= 0.3 is 5.97 Å². The molecule has 0 aliphatic rings. The Balaban J connectivity index is 2.23. The lowest BCUT2D eigenvalue weighted by molar-refractivity contribution is 0.0597. The number of fused-ring (bicyclic) bond motifs is 1. The molecule has 0 amide bonds. The standard InChI is InChI=1S/C20H18O5/c1-12-17(20(22)24-3)19(16-7-5-4-6-15(16)18(12)21)25-14-10-8-13(23-2)9-11-14/h4-11,21H,1-3H3. The second kappa shape index (κ2) is 6.73. The van der Waals surface area contributed by atoms with Crippen molar-refractivity contribution in [1.82, 2.24) is 0 Å². The second-order valence-electron chi connectivity index (χ2n) is 5.49. The molecule has 3 aromatic rings. The number of carbonyl (C=O) groups is 1. The Kier molecular flexibility index (Phi) is 4.48. The quantitative estimate of drug-likeness (QED) is 0.712. The molecule has 0 bridgehead atoms. The molecular weight excluding hydrogens is 320 g/mol. The van der Waals surface area contributed by atoms with Gasteiger partial charge in [0.2, 0.25) is 0 Å². The highest BCUT2D eigenvalue weighted by atomic mass is 16.5. The number of hydrogen-bond donors (Lipinski definition) is 1. The van der Waals surface area contributed by atoms with Crippen LogP contribution in [0.1, 0.15) is 15.9 Å². The number of benzene rings is 3. The van der Waals surface area contributed by atoms with Gasteiger partial charge in [0.25, 0.3) is 0 Å². The van der Waals surface area contributed by atoms with Crippen molar-refractivity contribution in [3.63, 3.8) is 0 Å². The van der Waals surface area contributed by atoms with Gasteiger partial charge < -0.3 is 19.3 Å². The molecule has 0 aliphatic carbocycles. The lowest BCUT2D eigenvalue weighted by Crippen LogP contribution is -2.07. The molecular formula is C20H18O5. The van der Waals surface area contributed by atoms with Crippen LogP contribution in [0.2, 0.25) is 0 Å². The normalized spacial score (nSPS) is 10.5. The highest BCUT2D eigenvalue weighted by Crippen LogP contribution is 2.42. The first-order valence-electron chi connectivity index (χ1n) is 7.71. The third kappa shape index (κ3) is 2.96. The van der Waals surface area contributed by atoms with Crippen LogP contribution in [0.5, 0.6) is 23.0 Å². The van der Waals surface area contributed by atoms with E-state index in [0.29, 0.717) is 33.6 Å². The molecule has 1 N–H and O–H groups in total. The zero-order valence-corrected chi connectivity index (χ0v) is 14.2. The minimum absolute atomic E-state index is 0.0399. The Morgan fingerprint density at radius 3 is 2.12 bits per heavy atom. The van der Waals surface area contributed by atoms with Crippen LogP contribution in [0.3, 0.4) is 0 Å². The Hall–Kier alpha value is -3.21. The molecule has 0 spiro atoms. The fourth-order valence-electron chi connectivity index (χ4n) is 2.73. The van der Waals surface area contributed by atoms with Gasteiger partial charge in [-0.05, 0) is 31.2 Å². The minimum atomic E-state index is -0.568. The van der Waals surface area contributed by atoms with E-state index in [2.05, 4.69) is 0 Å². The maximum absolute atomic E-state index is 12.3. The van der Waals surface area contributed by atoms with Gasteiger partial charge in [0, 0.05) is 16.3 Å². The van der Waals surface area contributed by atoms with Crippen molar-refractivity contribution in [3.05, 3.63) is 59.7 Å². The highest BCUT2D eigenvalue weighted by molar-refractivity contribution is 6.06. The first-order chi connectivity index (χ1) is 12.1. The van der Waals surface area contributed by atoms with Crippen molar-refractivity contribution in [2.75, 3.05) is 14.2 Å². The number of rotatable bonds is 4. The van der Waals surface area contributed by atoms with Crippen LogP contribution in [0, 0.1) is 6.92 Å². The van der Waals surface area contributed by atoms with Crippen LogP contribution in [-0.4, -0.2) is 25.3 Å². The van der Waals surface area contributed by atoms with Crippen molar-refractivity contribution in [2.24, 2.45) is 0 Å². The molecule has 0 aliphatic heterocycles. The van der Waals surface area contributed by atoms with E-state index in [4.69, 9.17) is 14.2 Å². The number of methoxy groups -OCH3 is 2. The summed E-state index contributed by atoms with van der Waals surface area (Å²) in [5.41, 5.74) is 0.614. The molecule has 3 aromatic carbocycles. The van der Waals surface area contributed by atoms with Gasteiger partial charge in [0.1, 0.15) is 28.6 Å². The molecule has 0 fully saturated rings. The largest absolute Gasteiger partial charge is 0.507 e. The van der Waals surface area contributed by atoms with E-state index >= 15 is 0 Å². The SMILES string of the molecule is COC(=O)c1c(C)c(O)c2ccccc2c1Oc1ccc(OC)cc1. The average molecular weight is 338 g/mol. The van der Waals surface area contributed by atoms with Crippen molar-refractivity contribution in [1.29, 1.82) is 0 Å². The summed E-state index contributed by atoms with van der Waals surface area (Å²) in [5, 5.41) is 11.7. The van der Waals surface area contributed by atoms with E-state index in [9.17, 15) is 9.90 Å². The van der Waals surface area contributed by atoms with E-state index in [-0.39, 0.29) is 11.3 Å². The van der Waals surface area contributed by atoms with Crippen molar-refractivity contribution in [2.45, 2.75) is 6.92 Å². The Labute approximate surface area is 145 Å². The molecule has 0 aromatic heterocycles. The summed E-state index contributed by atoms with van der Waals surface area (Å²) in [6.07, 6.45) is 0. The van der Waals surface area contributed by atoms with E-state index < -0.39 is 5.97 Å². The van der Waals surface area contributed by atoms with Gasteiger partial charge in [0.15, 0.2) is 0 Å². The molecule has 3 rings (SSSR count). The number of aromatic hydroxyl groups is 1. The fourth-order valence-corrected chi connectivity index (χ4v) is 2.73. The fraction of sp³-hybridized carbons (Fsp3) is 0.150. The summed E-state index contributed by atoms with van der Waals surface area (Å²) in [5.74, 6) is 1.07. The summed E-state index contributed by atoms with van der Waals surface area (Å²) in [7, 11) is 2.88. The van der Waals surface area contributed by atoms with E-state index in [1.807, 2.05) is 12.1 Å². The topological polar surface area (TPSA) is 65.0 Å². The summed E-state index contributed by atoms with van der Waals surface area (Å²) in [6.45, 7) is 1.66. The first kappa shape index (κ1) is 16.6. The van der Waals surface area contributed by atoms with Gasteiger partial charge in [-0.2, -0.15) is 0 Å². The van der Waals surface area contributed by atoms with Crippen LogP contribution in [0.15, 0.2) is 48.5 Å². The number of phenolic OH excluding ortho intramolecular Hbond substituents is 1. The molecule has 5 nitrogen and oxygen atoms in total. The molecule has 25 heavy (non-hydrogen) atoms. The second-order valence-corrected chi connectivity index (χ2v) is 5.49. The van der Waals surface area contributed by atoms with Gasteiger partial charge in [-0.3, -0.25) is 0 Å². The number of hydrogen-bond acceptors (Lipinski definition) is 5. The molecule has 0 saturated heterocycles. The number of phenols is 1.